The van der Waals surface area contributed by atoms with Crippen LogP contribution in [0.1, 0.15) is 31.4 Å². The van der Waals surface area contributed by atoms with Crippen LogP contribution in [0.4, 0.5) is 4.39 Å². The van der Waals surface area contributed by atoms with Crippen LogP contribution in [0, 0.1) is 5.82 Å². The third-order valence-electron chi connectivity index (χ3n) is 2.84. The van der Waals surface area contributed by atoms with Crippen molar-refractivity contribution in [3.63, 3.8) is 0 Å². The predicted molar refractivity (Wildman–Crippen MR) is 70.5 cm³/mol. The van der Waals surface area contributed by atoms with Crippen molar-refractivity contribution in [1.29, 1.82) is 0 Å². The van der Waals surface area contributed by atoms with Crippen LogP contribution in [-0.4, -0.2) is 27.4 Å². The van der Waals surface area contributed by atoms with Gasteiger partial charge in [0.25, 0.3) is 0 Å². The molecule has 3 nitrogen and oxygen atoms in total. The molecule has 0 fully saturated rings. The Balaban J connectivity index is 2.88. The highest BCUT2D eigenvalue weighted by Crippen LogP contribution is 2.26. The molecule has 0 saturated heterocycles. The maximum Gasteiger partial charge on any atom is 0.169 e. The molecule has 4 heteroatoms. The van der Waals surface area contributed by atoms with Crippen molar-refractivity contribution in [2.75, 3.05) is 27.4 Å². The van der Waals surface area contributed by atoms with Crippen molar-refractivity contribution in [2.24, 2.45) is 0 Å². The largest absolute Gasteiger partial charge is 0.494 e. The highest BCUT2D eigenvalue weighted by Gasteiger charge is 2.17. The molecule has 0 radical (unpaired) electrons. The highest BCUT2D eigenvalue weighted by atomic mass is 19.1. The number of hydrogen-bond acceptors (Lipinski definition) is 3. The number of rotatable bonds is 8. The number of ether oxygens (including phenoxy) is 2. The third-order valence-corrected chi connectivity index (χ3v) is 2.84. The molecule has 0 aliphatic rings. The summed E-state index contributed by atoms with van der Waals surface area (Å²) in [5, 5.41) is 3.34. The molecule has 0 aliphatic heterocycles. The summed E-state index contributed by atoms with van der Waals surface area (Å²) in [7, 11) is 3.13. The van der Waals surface area contributed by atoms with Gasteiger partial charge in [0, 0.05) is 25.3 Å². The Hall–Kier alpha value is -1.13. The standard InChI is InChI=1S/C14H22FNO2/c1-4-9-16-12(8-10-17-2)11-6-5-7-13(18-3)14(11)15/h5-7,12,16H,4,8-10H2,1-3H3. The fourth-order valence-electron chi connectivity index (χ4n) is 1.88. The first-order valence-electron chi connectivity index (χ1n) is 6.29. The zero-order chi connectivity index (χ0) is 13.4. The maximum atomic E-state index is 14.2. The van der Waals surface area contributed by atoms with Gasteiger partial charge in [-0.15, -0.1) is 0 Å². The van der Waals surface area contributed by atoms with Gasteiger partial charge >= 0.3 is 0 Å². The number of nitrogens with one attached hydrogen (secondary N) is 1. The van der Waals surface area contributed by atoms with E-state index in [1.807, 2.05) is 6.07 Å². The minimum absolute atomic E-state index is 0.0417. The minimum Gasteiger partial charge on any atom is -0.494 e. The second-order valence-electron chi connectivity index (χ2n) is 4.15. The van der Waals surface area contributed by atoms with E-state index in [1.165, 1.54) is 7.11 Å². The maximum absolute atomic E-state index is 14.2. The van der Waals surface area contributed by atoms with Gasteiger partial charge in [0.05, 0.1) is 7.11 Å². The summed E-state index contributed by atoms with van der Waals surface area (Å²) in [6.07, 6.45) is 1.75. The van der Waals surface area contributed by atoms with Crippen molar-refractivity contribution in [3.05, 3.63) is 29.6 Å². The Bertz CT molecular complexity index is 350. The van der Waals surface area contributed by atoms with Crippen LogP contribution in [0.3, 0.4) is 0 Å². The Morgan fingerprint density at radius 2 is 2.11 bits per heavy atom. The van der Waals surface area contributed by atoms with Crippen LogP contribution in [-0.2, 0) is 4.74 Å². The van der Waals surface area contributed by atoms with E-state index in [-0.39, 0.29) is 17.6 Å². The summed E-state index contributed by atoms with van der Waals surface area (Å²) >= 11 is 0. The highest BCUT2D eigenvalue weighted by molar-refractivity contribution is 5.33. The van der Waals surface area contributed by atoms with Crippen LogP contribution < -0.4 is 10.1 Å². The predicted octanol–water partition coefficient (Wildman–Crippen LogP) is 2.91. The van der Waals surface area contributed by atoms with E-state index in [2.05, 4.69) is 12.2 Å². The lowest BCUT2D eigenvalue weighted by Gasteiger charge is -2.20. The van der Waals surface area contributed by atoms with E-state index < -0.39 is 0 Å². The van der Waals surface area contributed by atoms with Gasteiger partial charge in [-0.25, -0.2) is 4.39 Å². The van der Waals surface area contributed by atoms with Gasteiger partial charge < -0.3 is 14.8 Å². The quantitative estimate of drug-likeness (QED) is 0.774. The normalized spacial score (nSPS) is 12.4. The molecule has 0 aliphatic carbocycles. The zero-order valence-corrected chi connectivity index (χ0v) is 11.3. The second kappa shape index (κ2) is 8.06. The molecule has 1 N–H and O–H groups in total. The Morgan fingerprint density at radius 3 is 2.72 bits per heavy atom. The molecule has 1 unspecified atom stereocenters. The van der Waals surface area contributed by atoms with Crippen molar-refractivity contribution >= 4 is 0 Å². The molecule has 1 aromatic rings. The van der Waals surface area contributed by atoms with Crippen molar-refractivity contribution < 1.29 is 13.9 Å². The zero-order valence-electron chi connectivity index (χ0n) is 11.3. The number of halogens is 1. The summed E-state index contributed by atoms with van der Waals surface area (Å²) in [6.45, 7) is 3.53. The fraction of sp³-hybridized carbons (Fsp3) is 0.571. The van der Waals surface area contributed by atoms with Gasteiger partial charge in [-0.3, -0.25) is 0 Å². The van der Waals surface area contributed by atoms with Gasteiger partial charge in [0.15, 0.2) is 11.6 Å². The average Bonchev–Trinajstić information content (AvgIpc) is 2.40. The first-order chi connectivity index (χ1) is 8.74. The summed E-state index contributed by atoms with van der Waals surface area (Å²) in [5.74, 6) is -0.00192. The lowest BCUT2D eigenvalue weighted by atomic mass is 10.0. The summed E-state index contributed by atoms with van der Waals surface area (Å²) < 4.78 is 24.3. The molecular formula is C14H22FNO2. The summed E-state index contributed by atoms with van der Waals surface area (Å²) in [4.78, 5) is 0. The van der Waals surface area contributed by atoms with Crippen molar-refractivity contribution in [1.82, 2.24) is 5.32 Å². The molecule has 18 heavy (non-hydrogen) atoms. The van der Waals surface area contributed by atoms with Gasteiger partial charge in [0.2, 0.25) is 0 Å². The Morgan fingerprint density at radius 1 is 1.33 bits per heavy atom. The van der Waals surface area contributed by atoms with Gasteiger partial charge in [0.1, 0.15) is 0 Å². The molecule has 0 aromatic heterocycles. The molecule has 0 saturated carbocycles. The molecule has 1 rings (SSSR count). The number of hydrogen-bond donors (Lipinski definition) is 1. The minimum atomic E-state index is -0.287. The van der Waals surface area contributed by atoms with Gasteiger partial charge in [-0.1, -0.05) is 19.1 Å². The van der Waals surface area contributed by atoms with Crippen LogP contribution in [0.15, 0.2) is 18.2 Å². The molecule has 0 bridgehead atoms. The summed E-state index contributed by atoms with van der Waals surface area (Å²) in [5.41, 5.74) is 0.639. The topological polar surface area (TPSA) is 30.5 Å². The van der Waals surface area contributed by atoms with E-state index >= 15 is 0 Å². The summed E-state index contributed by atoms with van der Waals surface area (Å²) in [6, 6.07) is 5.19. The molecule has 1 atom stereocenters. The van der Waals surface area contributed by atoms with Crippen molar-refractivity contribution in [3.8, 4) is 5.75 Å². The van der Waals surface area contributed by atoms with Crippen LogP contribution in [0.5, 0.6) is 5.75 Å². The lowest BCUT2D eigenvalue weighted by Crippen LogP contribution is -2.24. The van der Waals surface area contributed by atoms with E-state index in [0.29, 0.717) is 12.2 Å². The molecule has 1 aromatic carbocycles. The molecule has 0 amide bonds. The molecule has 0 spiro atoms. The van der Waals surface area contributed by atoms with E-state index in [0.717, 1.165) is 19.4 Å². The Labute approximate surface area is 108 Å². The van der Waals surface area contributed by atoms with E-state index in [9.17, 15) is 4.39 Å². The third kappa shape index (κ3) is 3.96. The smallest absolute Gasteiger partial charge is 0.169 e. The molecular weight excluding hydrogens is 233 g/mol. The number of benzene rings is 1. The van der Waals surface area contributed by atoms with E-state index in [4.69, 9.17) is 9.47 Å². The lowest BCUT2D eigenvalue weighted by molar-refractivity contribution is 0.182. The van der Waals surface area contributed by atoms with Crippen LogP contribution in [0.2, 0.25) is 0 Å². The first kappa shape index (κ1) is 14.9. The van der Waals surface area contributed by atoms with Gasteiger partial charge in [-0.2, -0.15) is 0 Å². The van der Waals surface area contributed by atoms with Crippen molar-refractivity contribution in [2.45, 2.75) is 25.8 Å². The first-order valence-corrected chi connectivity index (χ1v) is 6.29. The SMILES string of the molecule is CCCNC(CCOC)c1cccc(OC)c1F. The van der Waals surface area contributed by atoms with Crippen LogP contribution in [0.25, 0.3) is 0 Å². The van der Waals surface area contributed by atoms with Crippen LogP contribution >= 0.6 is 0 Å². The molecule has 102 valence electrons. The fourth-order valence-corrected chi connectivity index (χ4v) is 1.88. The van der Waals surface area contributed by atoms with Gasteiger partial charge in [-0.05, 0) is 25.5 Å². The second-order valence-corrected chi connectivity index (χ2v) is 4.15. The monoisotopic (exact) mass is 255 g/mol. The molecule has 0 heterocycles. The number of methoxy groups -OCH3 is 2. The van der Waals surface area contributed by atoms with E-state index in [1.54, 1.807) is 19.2 Å². The average molecular weight is 255 g/mol. The Kier molecular flexibility index (Phi) is 6.68.